The highest BCUT2D eigenvalue weighted by atomic mass is 16.5. The number of nitrogens with one attached hydrogen (secondary N) is 1. The van der Waals surface area contributed by atoms with Crippen LogP contribution in [-0.4, -0.2) is 59.8 Å². The molecule has 0 atom stereocenters. The highest BCUT2D eigenvalue weighted by Gasteiger charge is 2.21. The number of hydrogen-bond donors (Lipinski definition) is 1. The Morgan fingerprint density at radius 2 is 2.03 bits per heavy atom. The van der Waals surface area contributed by atoms with Crippen LogP contribution in [0, 0.1) is 0 Å². The van der Waals surface area contributed by atoms with Crippen LogP contribution in [-0.2, 0) is 16.1 Å². The Bertz CT molecular complexity index is 1320. The molecule has 0 aliphatic carbocycles. The zero-order valence-corrected chi connectivity index (χ0v) is 20.0. The number of carbonyl (C=O) groups is 1. The van der Waals surface area contributed by atoms with Crippen LogP contribution < -0.4 is 15.6 Å². The zero-order chi connectivity index (χ0) is 24.2. The van der Waals surface area contributed by atoms with Crippen LogP contribution in [0.2, 0.25) is 0 Å². The van der Waals surface area contributed by atoms with Crippen LogP contribution in [0.15, 0.2) is 47.3 Å². The van der Waals surface area contributed by atoms with Gasteiger partial charge in [0.2, 0.25) is 5.91 Å². The molecule has 0 bridgehead atoms. The van der Waals surface area contributed by atoms with Crippen LogP contribution in [0.4, 0.5) is 5.69 Å². The fourth-order valence-electron chi connectivity index (χ4n) is 4.60. The summed E-state index contributed by atoms with van der Waals surface area (Å²) in [5.74, 6) is 1.45. The van der Waals surface area contributed by atoms with Gasteiger partial charge in [0.1, 0.15) is 11.6 Å². The zero-order valence-electron chi connectivity index (χ0n) is 20.0. The summed E-state index contributed by atoms with van der Waals surface area (Å²) < 4.78 is 12.7. The first kappa shape index (κ1) is 23.3. The van der Waals surface area contributed by atoms with E-state index in [1.165, 1.54) is 0 Å². The Morgan fingerprint density at radius 3 is 2.86 bits per heavy atom. The largest absolute Gasteiger partial charge is 0.494 e. The van der Waals surface area contributed by atoms with Crippen molar-refractivity contribution in [2.45, 2.75) is 26.3 Å². The molecule has 182 valence electrons. The molecular formula is C27H30N4O4. The van der Waals surface area contributed by atoms with E-state index in [-0.39, 0.29) is 11.5 Å². The number of carbonyl (C=O) groups excluding carboxylic acids is 1. The highest BCUT2D eigenvalue weighted by Crippen LogP contribution is 2.29. The average Bonchev–Trinajstić information content (AvgIpc) is 3.26. The van der Waals surface area contributed by atoms with Crippen molar-refractivity contribution in [3.05, 3.63) is 64.2 Å². The van der Waals surface area contributed by atoms with E-state index < -0.39 is 0 Å². The Hall–Kier alpha value is -3.49. The van der Waals surface area contributed by atoms with Gasteiger partial charge in [0.05, 0.1) is 30.7 Å². The molecule has 2 aliphatic heterocycles. The van der Waals surface area contributed by atoms with Crippen molar-refractivity contribution >= 4 is 34.1 Å². The molecule has 3 aromatic rings. The fraction of sp³-hybridized carbons (Fsp3) is 0.370. The summed E-state index contributed by atoms with van der Waals surface area (Å²) in [6, 6.07) is 13.2. The third-order valence-corrected chi connectivity index (χ3v) is 6.40. The second-order valence-corrected chi connectivity index (χ2v) is 8.80. The van der Waals surface area contributed by atoms with Gasteiger partial charge in [-0.1, -0.05) is 12.1 Å². The van der Waals surface area contributed by atoms with Crippen molar-refractivity contribution in [3.8, 4) is 5.75 Å². The standard InChI is InChI=1S/C27H30N4O4/c1-2-35-22-5-3-4-19(17-22)16-20-8-11-31-26(20)29-24-18-21(6-7-23(24)27(31)33)28-25(32)9-10-30-12-14-34-15-13-30/h3-7,16-18H,2,8-15H2,1H3,(H,28,32). The molecule has 35 heavy (non-hydrogen) atoms. The molecule has 2 aromatic carbocycles. The lowest BCUT2D eigenvalue weighted by Crippen LogP contribution is -2.38. The van der Waals surface area contributed by atoms with E-state index in [4.69, 9.17) is 14.5 Å². The monoisotopic (exact) mass is 474 g/mol. The van der Waals surface area contributed by atoms with E-state index in [1.54, 1.807) is 22.8 Å². The van der Waals surface area contributed by atoms with Gasteiger partial charge in [0, 0.05) is 38.3 Å². The first-order chi connectivity index (χ1) is 17.1. The number of rotatable bonds is 7. The first-order valence-electron chi connectivity index (χ1n) is 12.2. The summed E-state index contributed by atoms with van der Waals surface area (Å²) in [6.45, 7) is 7.02. The van der Waals surface area contributed by atoms with Gasteiger partial charge in [0.25, 0.3) is 5.56 Å². The summed E-state index contributed by atoms with van der Waals surface area (Å²) in [4.78, 5) is 32.7. The van der Waals surface area contributed by atoms with Crippen molar-refractivity contribution in [2.75, 3.05) is 44.8 Å². The van der Waals surface area contributed by atoms with Gasteiger partial charge in [-0.25, -0.2) is 4.98 Å². The summed E-state index contributed by atoms with van der Waals surface area (Å²) in [7, 11) is 0. The predicted molar refractivity (Wildman–Crippen MR) is 137 cm³/mol. The molecule has 1 amide bonds. The van der Waals surface area contributed by atoms with Crippen molar-refractivity contribution in [1.82, 2.24) is 14.5 Å². The van der Waals surface area contributed by atoms with Gasteiger partial charge in [-0.2, -0.15) is 0 Å². The minimum absolute atomic E-state index is 0.0523. The van der Waals surface area contributed by atoms with E-state index >= 15 is 0 Å². The molecule has 1 fully saturated rings. The number of hydrogen-bond acceptors (Lipinski definition) is 6. The van der Waals surface area contributed by atoms with E-state index in [1.807, 2.05) is 31.2 Å². The van der Waals surface area contributed by atoms with E-state index in [9.17, 15) is 9.59 Å². The van der Waals surface area contributed by atoms with E-state index in [0.29, 0.717) is 61.7 Å². The summed E-state index contributed by atoms with van der Waals surface area (Å²) >= 11 is 0. The molecule has 0 saturated carbocycles. The Labute approximate surface area is 204 Å². The van der Waals surface area contributed by atoms with E-state index in [2.05, 4.69) is 16.3 Å². The lowest BCUT2D eigenvalue weighted by atomic mass is 10.1. The van der Waals surface area contributed by atoms with Crippen LogP contribution in [0.5, 0.6) is 5.75 Å². The van der Waals surface area contributed by atoms with Crippen molar-refractivity contribution < 1.29 is 14.3 Å². The van der Waals surface area contributed by atoms with Crippen LogP contribution >= 0.6 is 0 Å². The molecule has 3 heterocycles. The molecule has 0 radical (unpaired) electrons. The third-order valence-electron chi connectivity index (χ3n) is 6.40. The minimum atomic E-state index is -0.0540. The predicted octanol–water partition coefficient (Wildman–Crippen LogP) is 3.40. The molecule has 5 rings (SSSR count). The second-order valence-electron chi connectivity index (χ2n) is 8.80. The number of nitrogens with zero attached hydrogens (tertiary/aromatic N) is 3. The Kier molecular flexibility index (Phi) is 6.92. The van der Waals surface area contributed by atoms with Crippen LogP contribution in [0.3, 0.4) is 0 Å². The number of ether oxygens (including phenoxy) is 2. The fourth-order valence-corrected chi connectivity index (χ4v) is 4.60. The maximum absolute atomic E-state index is 13.1. The summed E-state index contributed by atoms with van der Waals surface area (Å²) in [5, 5.41) is 3.51. The lowest BCUT2D eigenvalue weighted by molar-refractivity contribution is -0.116. The first-order valence-corrected chi connectivity index (χ1v) is 12.2. The van der Waals surface area contributed by atoms with E-state index in [0.717, 1.165) is 36.4 Å². The topological polar surface area (TPSA) is 85.7 Å². The molecule has 8 nitrogen and oxygen atoms in total. The van der Waals surface area contributed by atoms with Gasteiger partial charge >= 0.3 is 0 Å². The molecule has 2 aliphatic rings. The quantitative estimate of drug-likeness (QED) is 0.565. The van der Waals surface area contributed by atoms with Gasteiger partial charge in [0.15, 0.2) is 0 Å². The summed E-state index contributed by atoms with van der Waals surface area (Å²) in [6.07, 6.45) is 3.21. The molecule has 0 spiro atoms. The van der Waals surface area contributed by atoms with Gasteiger partial charge < -0.3 is 14.8 Å². The van der Waals surface area contributed by atoms with Crippen LogP contribution in [0.25, 0.3) is 22.6 Å². The maximum Gasteiger partial charge on any atom is 0.261 e. The lowest BCUT2D eigenvalue weighted by Gasteiger charge is -2.26. The number of allylic oxidation sites excluding steroid dienone is 1. The van der Waals surface area contributed by atoms with Crippen molar-refractivity contribution in [2.24, 2.45) is 0 Å². The molecule has 8 heteroatoms. The molecule has 1 N–H and O–H groups in total. The highest BCUT2D eigenvalue weighted by molar-refractivity contribution is 5.94. The van der Waals surface area contributed by atoms with Gasteiger partial charge in [-0.15, -0.1) is 0 Å². The third kappa shape index (κ3) is 5.28. The number of benzene rings is 2. The Morgan fingerprint density at radius 1 is 1.17 bits per heavy atom. The SMILES string of the molecule is CCOc1cccc(C=C2CCn3c2nc2cc(NC(=O)CCN4CCOCC4)ccc2c3=O)c1. The van der Waals surface area contributed by atoms with Gasteiger partial charge in [-0.3, -0.25) is 19.1 Å². The van der Waals surface area contributed by atoms with Gasteiger partial charge in [-0.05, 0) is 60.9 Å². The smallest absolute Gasteiger partial charge is 0.261 e. The number of fused-ring (bicyclic) bond motifs is 2. The number of amides is 1. The van der Waals surface area contributed by atoms with Crippen LogP contribution in [0.1, 0.15) is 31.2 Å². The number of anilines is 1. The molecule has 1 aromatic heterocycles. The normalized spacial score (nSPS) is 17.0. The number of morpholine rings is 1. The molecular weight excluding hydrogens is 444 g/mol. The summed E-state index contributed by atoms with van der Waals surface area (Å²) in [5.41, 5.74) is 3.20. The maximum atomic E-state index is 13.1. The molecule has 1 saturated heterocycles. The minimum Gasteiger partial charge on any atom is -0.494 e. The molecule has 0 unspecified atom stereocenters. The number of aromatic nitrogens is 2. The second kappa shape index (κ2) is 10.4. The average molecular weight is 475 g/mol. The van der Waals surface area contributed by atoms with Crippen molar-refractivity contribution in [3.63, 3.8) is 0 Å². The van der Waals surface area contributed by atoms with Crippen molar-refractivity contribution in [1.29, 1.82) is 0 Å². The Balaban J connectivity index is 1.37.